The van der Waals surface area contributed by atoms with Crippen molar-refractivity contribution < 1.29 is 9.59 Å². The zero-order chi connectivity index (χ0) is 18.8. The van der Waals surface area contributed by atoms with Gasteiger partial charge in [0.2, 0.25) is 11.8 Å². The Morgan fingerprint density at radius 2 is 1.77 bits per heavy atom. The Hall–Kier alpha value is -2.24. The van der Waals surface area contributed by atoms with Gasteiger partial charge in [0.15, 0.2) is 0 Å². The summed E-state index contributed by atoms with van der Waals surface area (Å²) >= 11 is 11.9. The Morgan fingerprint density at radius 1 is 1.08 bits per heavy atom. The molecule has 2 aromatic rings. The Morgan fingerprint density at radius 3 is 2.42 bits per heavy atom. The van der Waals surface area contributed by atoms with Crippen LogP contribution in [0.2, 0.25) is 10.0 Å². The predicted molar refractivity (Wildman–Crippen MR) is 106 cm³/mol. The summed E-state index contributed by atoms with van der Waals surface area (Å²) < 4.78 is 0. The first-order valence-electron chi connectivity index (χ1n) is 8.28. The van der Waals surface area contributed by atoms with E-state index in [0.717, 1.165) is 23.4 Å². The maximum atomic E-state index is 12.4. The molecule has 5 nitrogen and oxygen atoms in total. The number of carbonyl (C=O) groups is 2. The molecule has 0 radical (unpaired) electrons. The largest absolute Gasteiger partial charge is 0.374 e. The molecule has 7 heteroatoms. The molecular weight excluding hydrogens is 373 g/mol. The third kappa shape index (κ3) is 4.11. The Labute approximate surface area is 162 Å². The van der Waals surface area contributed by atoms with Gasteiger partial charge in [0.05, 0.1) is 0 Å². The minimum absolute atomic E-state index is 0.0392. The van der Waals surface area contributed by atoms with Crippen LogP contribution in [0.3, 0.4) is 0 Å². The van der Waals surface area contributed by atoms with Crippen molar-refractivity contribution >= 4 is 52.1 Å². The molecule has 0 saturated heterocycles. The van der Waals surface area contributed by atoms with Crippen molar-refractivity contribution in [2.45, 2.75) is 26.3 Å². The van der Waals surface area contributed by atoms with Crippen LogP contribution in [0.4, 0.5) is 17.1 Å². The first-order valence-corrected chi connectivity index (χ1v) is 9.03. The van der Waals surface area contributed by atoms with Gasteiger partial charge < -0.3 is 15.5 Å². The summed E-state index contributed by atoms with van der Waals surface area (Å²) in [6, 6.07) is 10.2. The van der Waals surface area contributed by atoms with Gasteiger partial charge in [0.1, 0.15) is 6.04 Å². The van der Waals surface area contributed by atoms with E-state index in [1.54, 1.807) is 36.9 Å². The molecule has 2 amide bonds. The maximum Gasteiger partial charge on any atom is 0.246 e. The van der Waals surface area contributed by atoms with Crippen LogP contribution in [0.15, 0.2) is 36.4 Å². The normalized spacial score (nSPS) is 13.9. The van der Waals surface area contributed by atoms with Crippen molar-refractivity contribution in [1.82, 2.24) is 0 Å². The summed E-state index contributed by atoms with van der Waals surface area (Å²) in [5.74, 6) is -0.161. The number of nitrogens with one attached hydrogen (secondary N) is 2. The second-order valence-corrected chi connectivity index (χ2v) is 7.15. The lowest BCUT2D eigenvalue weighted by molar-refractivity contribution is -0.117. The van der Waals surface area contributed by atoms with Crippen LogP contribution in [0.25, 0.3) is 0 Å². The number of nitrogens with zero attached hydrogens (tertiary/aromatic N) is 1. The fourth-order valence-corrected chi connectivity index (χ4v) is 3.54. The maximum absolute atomic E-state index is 12.4. The van der Waals surface area contributed by atoms with Gasteiger partial charge in [-0.05, 0) is 55.3 Å². The average Bonchev–Trinajstić information content (AvgIpc) is 2.97. The Kier molecular flexibility index (Phi) is 5.39. The molecule has 2 N–H and O–H groups in total. The van der Waals surface area contributed by atoms with Crippen molar-refractivity contribution in [2.75, 3.05) is 22.1 Å². The van der Waals surface area contributed by atoms with Crippen LogP contribution in [-0.2, 0) is 16.0 Å². The van der Waals surface area contributed by atoms with E-state index in [0.29, 0.717) is 22.3 Å². The number of fused-ring (bicyclic) bond motifs is 1. The van der Waals surface area contributed by atoms with Crippen molar-refractivity contribution in [1.29, 1.82) is 0 Å². The number of rotatable bonds is 4. The van der Waals surface area contributed by atoms with Gasteiger partial charge in [-0.3, -0.25) is 9.59 Å². The van der Waals surface area contributed by atoms with Gasteiger partial charge in [-0.25, -0.2) is 0 Å². The zero-order valence-electron chi connectivity index (χ0n) is 14.5. The van der Waals surface area contributed by atoms with Crippen molar-refractivity contribution in [2.24, 2.45) is 0 Å². The third-order valence-corrected chi connectivity index (χ3v) is 4.70. The van der Waals surface area contributed by atoms with Crippen LogP contribution in [0.1, 0.15) is 19.4 Å². The lowest BCUT2D eigenvalue weighted by atomic mass is 10.1. The summed E-state index contributed by atoms with van der Waals surface area (Å²) in [4.78, 5) is 25.8. The molecule has 0 spiro atoms. The molecule has 0 fully saturated rings. The molecule has 0 aliphatic carbocycles. The van der Waals surface area contributed by atoms with Crippen LogP contribution < -0.4 is 15.5 Å². The fourth-order valence-electron chi connectivity index (χ4n) is 3.01. The monoisotopic (exact) mass is 391 g/mol. The molecule has 0 unspecified atom stereocenters. The molecule has 0 aromatic heterocycles. The fraction of sp³-hybridized carbons (Fsp3) is 0.263. The van der Waals surface area contributed by atoms with E-state index in [4.69, 9.17) is 23.2 Å². The van der Waals surface area contributed by atoms with E-state index in [2.05, 4.69) is 10.6 Å². The molecule has 1 heterocycles. The molecule has 2 aromatic carbocycles. The summed E-state index contributed by atoms with van der Waals surface area (Å²) in [7, 11) is 0. The Balaban J connectivity index is 1.67. The topological polar surface area (TPSA) is 61.4 Å². The number of benzene rings is 2. The molecular formula is C19H19Cl2N3O2. The highest BCUT2D eigenvalue weighted by Gasteiger charge is 2.22. The standard InChI is InChI=1S/C19H19Cl2N3O2/c1-11(19(26)23-17-9-14(20)8-15(21)10-17)22-16-3-4-18-13(7-16)5-6-24(18)12(2)25/h3-4,7-11,22H,5-6H2,1-2H3,(H,23,26)/t11-/m1/s1. The minimum atomic E-state index is -0.462. The van der Waals surface area contributed by atoms with Gasteiger partial charge in [0.25, 0.3) is 0 Å². The molecule has 0 bridgehead atoms. The van der Waals surface area contributed by atoms with E-state index in [-0.39, 0.29) is 11.8 Å². The predicted octanol–water partition coefficient (Wildman–Crippen LogP) is 4.34. The van der Waals surface area contributed by atoms with Crippen LogP contribution in [0.5, 0.6) is 0 Å². The summed E-state index contributed by atoms with van der Waals surface area (Å²) in [6.45, 7) is 4.03. The van der Waals surface area contributed by atoms with E-state index in [1.165, 1.54) is 0 Å². The molecule has 0 saturated carbocycles. The van der Waals surface area contributed by atoms with E-state index < -0.39 is 6.04 Å². The van der Waals surface area contributed by atoms with E-state index in [1.807, 2.05) is 18.2 Å². The number of anilines is 3. The minimum Gasteiger partial charge on any atom is -0.374 e. The van der Waals surface area contributed by atoms with Crippen molar-refractivity contribution in [3.8, 4) is 0 Å². The lowest BCUT2D eigenvalue weighted by Crippen LogP contribution is -2.31. The van der Waals surface area contributed by atoms with Gasteiger partial charge in [-0.1, -0.05) is 23.2 Å². The highest BCUT2D eigenvalue weighted by atomic mass is 35.5. The lowest BCUT2D eigenvalue weighted by Gasteiger charge is -2.18. The molecule has 1 aliphatic heterocycles. The van der Waals surface area contributed by atoms with Crippen LogP contribution in [0, 0.1) is 0 Å². The molecule has 1 atom stereocenters. The second-order valence-electron chi connectivity index (χ2n) is 6.28. The van der Waals surface area contributed by atoms with Gasteiger partial charge in [0, 0.05) is 40.6 Å². The van der Waals surface area contributed by atoms with Gasteiger partial charge >= 0.3 is 0 Å². The van der Waals surface area contributed by atoms with Crippen LogP contribution in [-0.4, -0.2) is 24.4 Å². The number of hydrogen-bond acceptors (Lipinski definition) is 3. The van der Waals surface area contributed by atoms with Crippen molar-refractivity contribution in [3.05, 3.63) is 52.0 Å². The van der Waals surface area contributed by atoms with Gasteiger partial charge in [-0.2, -0.15) is 0 Å². The smallest absolute Gasteiger partial charge is 0.246 e. The first kappa shape index (κ1) is 18.5. The molecule has 136 valence electrons. The average molecular weight is 392 g/mol. The quantitative estimate of drug-likeness (QED) is 0.814. The number of carbonyl (C=O) groups excluding carboxylic acids is 2. The summed E-state index contributed by atoms with van der Waals surface area (Å²) in [5.41, 5.74) is 3.42. The zero-order valence-corrected chi connectivity index (χ0v) is 16.0. The molecule has 1 aliphatic rings. The van der Waals surface area contributed by atoms with E-state index >= 15 is 0 Å². The summed E-state index contributed by atoms with van der Waals surface area (Å²) in [5, 5.41) is 6.90. The first-order chi connectivity index (χ1) is 12.3. The summed E-state index contributed by atoms with van der Waals surface area (Å²) in [6.07, 6.45) is 0.812. The highest BCUT2D eigenvalue weighted by molar-refractivity contribution is 6.35. The molecule has 26 heavy (non-hydrogen) atoms. The highest BCUT2D eigenvalue weighted by Crippen LogP contribution is 2.30. The second kappa shape index (κ2) is 7.56. The third-order valence-electron chi connectivity index (χ3n) is 4.26. The number of hydrogen-bond donors (Lipinski definition) is 2. The Bertz CT molecular complexity index is 850. The molecule has 3 rings (SSSR count). The number of amides is 2. The SMILES string of the molecule is CC(=O)N1CCc2cc(N[C@H](C)C(=O)Nc3cc(Cl)cc(Cl)c3)ccc21. The van der Waals surface area contributed by atoms with Gasteiger partial charge in [-0.15, -0.1) is 0 Å². The van der Waals surface area contributed by atoms with E-state index in [9.17, 15) is 9.59 Å². The van der Waals surface area contributed by atoms with Crippen molar-refractivity contribution in [3.63, 3.8) is 0 Å². The number of halogens is 2. The van der Waals surface area contributed by atoms with Crippen LogP contribution >= 0.6 is 23.2 Å².